The SMILES string of the molecule is CC(C)(C)OC(=O)NCCCNCc1cccc(Br)c1. The van der Waals surface area contributed by atoms with Crippen LogP contribution >= 0.6 is 15.9 Å². The van der Waals surface area contributed by atoms with Crippen LogP contribution in [0.1, 0.15) is 32.8 Å². The van der Waals surface area contributed by atoms with Gasteiger partial charge in [0.2, 0.25) is 0 Å². The van der Waals surface area contributed by atoms with Gasteiger partial charge < -0.3 is 15.4 Å². The molecule has 4 nitrogen and oxygen atoms in total. The maximum atomic E-state index is 11.4. The van der Waals surface area contributed by atoms with E-state index in [0.29, 0.717) is 6.54 Å². The fourth-order valence-corrected chi connectivity index (χ4v) is 2.04. The lowest BCUT2D eigenvalue weighted by molar-refractivity contribution is 0.0527. The van der Waals surface area contributed by atoms with Crippen LogP contribution < -0.4 is 10.6 Å². The van der Waals surface area contributed by atoms with Gasteiger partial charge in [0.05, 0.1) is 0 Å². The number of halogens is 1. The summed E-state index contributed by atoms with van der Waals surface area (Å²) in [5.74, 6) is 0. The molecular formula is C15H23BrN2O2. The standard InChI is InChI=1S/C15H23BrN2O2/c1-15(2,3)20-14(19)18-9-5-8-17-11-12-6-4-7-13(16)10-12/h4,6-7,10,17H,5,8-9,11H2,1-3H3,(H,18,19). The Balaban J connectivity index is 2.07. The highest BCUT2D eigenvalue weighted by molar-refractivity contribution is 9.10. The third-order valence-corrected chi connectivity index (χ3v) is 2.91. The summed E-state index contributed by atoms with van der Waals surface area (Å²) in [4.78, 5) is 11.4. The zero-order valence-electron chi connectivity index (χ0n) is 12.3. The summed E-state index contributed by atoms with van der Waals surface area (Å²) in [6.07, 6.45) is 0.511. The molecule has 112 valence electrons. The highest BCUT2D eigenvalue weighted by atomic mass is 79.9. The highest BCUT2D eigenvalue weighted by Crippen LogP contribution is 2.11. The Morgan fingerprint density at radius 2 is 2.05 bits per heavy atom. The lowest BCUT2D eigenvalue weighted by atomic mass is 10.2. The normalized spacial score (nSPS) is 11.2. The van der Waals surface area contributed by atoms with Gasteiger partial charge in [-0.1, -0.05) is 28.1 Å². The molecule has 0 bridgehead atoms. The number of ether oxygens (including phenoxy) is 1. The highest BCUT2D eigenvalue weighted by Gasteiger charge is 2.15. The second-order valence-electron chi connectivity index (χ2n) is 5.59. The topological polar surface area (TPSA) is 50.4 Å². The molecule has 0 saturated heterocycles. The summed E-state index contributed by atoms with van der Waals surface area (Å²) in [7, 11) is 0. The van der Waals surface area contributed by atoms with Crippen LogP contribution in [-0.4, -0.2) is 24.8 Å². The summed E-state index contributed by atoms with van der Waals surface area (Å²) in [6.45, 7) is 7.85. The van der Waals surface area contributed by atoms with Gasteiger partial charge in [-0.05, 0) is 51.4 Å². The monoisotopic (exact) mass is 342 g/mol. The maximum Gasteiger partial charge on any atom is 0.407 e. The molecule has 0 aromatic heterocycles. The fraction of sp³-hybridized carbons (Fsp3) is 0.533. The largest absolute Gasteiger partial charge is 0.444 e. The molecule has 0 heterocycles. The molecular weight excluding hydrogens is 320 g/mol. The molecule has 2 N–H and O–H groups in total. The van der Waals surface area contributed by atoms with Crippen LogP contribution in [0.5, 0.6) is 0 Å². The van der Waals surface area contributed by atoms with Gasteiger partial charge in [0, 0.05) is 17.6 Å². The predicted molar refractivity (Wildman–Crippen MR) is 84.7 cm³/mol. The molecule has 1 amide bonds. The van der Waals surface area contributed by atoms with Crippen molar-refractivity contribution in [3.63, 3.8) is 0 Å². The van der Waals surface area contributed by atoms with Crippen molar-refractivity contribution in [3.8, 4) is 0 Å². The minimum atomic E-state index is -0.441. The van der Waals surface area contributed by atoms with Crippen LogP contribution in [0.4, 0.5) is 4.79 Å². The number of alkyl carbamates (subject to hydrolysis) is 1. The third kappa shape index (κ3) is 8.17. The molecule has 0 radical (unpaired) electrons. The Morgan fingerprint density at radius 3 is 2.70 bits per heavy atom. The molecule has 0 saturated carbocycles. The Morgan fingerprint density at radius 1 is 1.30 bits per heavy atom. The van der Waals surface area contributed by atoms with E-state index in [1.54, 1.807) is 0 Å². The van der Waals surface area contributed by atoms with E-state index in [4.69, 9.17) is 4.74 Å². The van der Waals surface area contributed by atoms with Crippen LogP contribution in [0.25, 0.3) is 0 Å². The van der Waals surface area contributed by atoms with Crippen molar-refractivity contribution < 1.29 is 9.53 Å². The van der Waals surface area contributed by atoms with E-state index in [9.17, 15) is 4.79 Å². The van der Waals surface area contributed by atoms with Crippen molar-refractivity contribution in [2.75, 3.05) is 13.1 Å². The summed E-state index contributed by atoms with van der Waals surface area (Å²) in [6, 6.07) is 8.20. The second kappa shape index (κ2) is 8.27. The Labute approximate surface area is 129 Å². The van der Waals surface area contributed by atoms with E-state index < -0.39 is 5.60 Å². The first-order chi connectivity index (χ1) is 9.37. The first-order valence-corrected chi connectivity index (χ1v) is 7.58. The van der Waals surface area contributed by atoms with Gasteiger partial charge in [-0.2, -0.15) is 0 Å². The van der Waals surface area contributed by atoms with Crippen molar-refractivity contribution in [2.24, 2.45) is 0 Å². The van der Waals surface area contributed by atoms with Gasteiger partial charge in [0.1, 0.15) is 5.60 Å². The van der Waals surface area contributed by atoms with Gasteiger partial charge in [-0.25, -0.2) is 4.79 Å². The molecule has 0 aliphatic carbocycles. The van der Waals surface area contributed by atoms with Crippen molar-refractivity contribution in [2.45, 2.75) is 39.3 Å². The minimum Gasteiger partial charge on any atom is -0.444 e. The van der Waals surface area contributed by atoms with Gasteiger partial charge in [0.25, 0.3) is 0 Å². The van der Waals surface area contributed by atoms with Crippen LogP contribution in [0.15, 0.2) is 28.7 Å². The van der Waals surface area contributed by atoms with Gasteiger partial charge in [-0.3, -0.25) is 0 Å². The molecule has 5 heteroatoms. The van der Waals surface area contributed by atoms with Crippen LogP contribution in [0, 0.1) is 0 Å². The second-order valence-corrected chi connectivity index (χ2v) is 6.50. The first-order valence-electron chi connectivity index (χ1n) is 6.79. The summed E-state index contributed by atoms with van der Waals surface area (Å²) >= 11 is 3.45. The number of benzene rings is 1. The average Bonchev–Trinajstić information content (AvgIpc) is 2.31. The van der Waals surface area contributed by atoms with Crippen molar-refractivity contribution in [1.82, 2.24) is 10.6 Å². The van der Waals surface area contributed by atoms with E-state index in [0.717, 1.165) is 24.0 Å². The van der Waals surface area contributed by atoms with Gasteiger partial charge in [-0.15, -0.1) is 0 Å². The smallest absolute Gasteiger partial charge is 0.407 e. The van der Waals surface area contributed by atoms with Crippen molar-refractivity contribution in [1.29, 1.82) is 0 Å². The predicted octanol–water partition coefficient (Wildman–Crippen LogP) is 3.45. The molecule has 1 aromatic rings. The zero-order chi connectivity index (χ0) is 15.0. The van der Waals surface area contributed by atoms with E-state index in [1.807, 2.05) is 32.9 Å². The summed E-state index contributed by atoms with van der Waals surface area (Å²) in [5.41, 5.74) is 0.794. The number of carbonyl (C=O) groups excluding carboxylic acids is 1. The molecule has 0 aliphatic rings. The maximum absolute atomic E-state index is 11.4. The third-order valence-electron chi connectivity index (χ3n) is 2.42. The number of hydrogen-bond acceptors (Lipinski definition) is 3. The van der Waals surface area contributed by atoms with Crippen LogP contribution in [-0.2, 0) is 11.3 Å². The Hall–Kier alpha value is -1.07. The number of carbonyl (C=O) groups is 1. The Kier molecular flexibility index (Phi) is 7.02. The molecule has 0 spiro atoms. The molecule has 20 heavy (non-hydrogen) atoms. The zero-order valence-corrected chi connectivity index (χ0v) is 13.9. The molecule has 0 fully saturated rings. The van der Waals surface area contributed by atoms with Crippen LogP contribution in [0.3, 0.4) is 0 Å². The first kappa shape index (κ1) is 17.0. The summed E-state index contributed by atoms with van der Waals surface area (Å²) < 4.78 is 6.24. The number of nitrogens with one attached hydrogen (secondary N) is 2. The van der Waals surface area contributed by atoms with E-state index in [1.165, 1.54) is 5.56 Å². The average molecular weight is 343 g/mol. The molecule has 0 aliphatic heterocycles. The van der Waals surface area contributed by atoms with E-state index >= 15 is 0 Å². The number of amides is 1. The van der Waals surface area contributed by atoms with Crippen molar-refractivity contribution in [3.05, 3.63) is 34.3 Å². The lowest BCUT2D eigenvalue weighted by Crippen LogP contribution is -2.33. The molecule has 1 rings (SSSR count). The Bertz CT molecular complexity index is 430. The minimum absolute atomic E-state index is 0.357. The molecule has 0 atom stereocenters. The summed E-state index contributed by atoms with van der Waals surface area (Å²) in [5, 5.41) is 6.08. The van der Waals surface area contributed by atoms with E-state index in [2.05, 4.69) is 38.7 Å². The fourth-order valence-electron chi connectivity index (χ4n) is 1.60. The quantitative estimate of drug-likeness (QED) is 0.778. The molecule has 1 aromatic carbocycles. The van der Waals surface area contributed by atoms with Gasteiger partial charge in [0.15, 0.2) is 0 Å². The number of hydrogen-bond donors (Lipinski definition) is 2. The lowest BCUT2D eigenvalue weighted by Gasteiger charge is -2.19. The molecule has 0 unspecified atom stereocenters. The van der Waals surface area contributed by atoms with E-state index in [-0.39, 0.29) is 6.09 Å². The van der Waals surface area contributed by atoms with Gasteiger partial charge >= 0.3 is 6.09 Å². The van der Waals surface area contributed by atoms with Crippen LogP contribution in [0.2, 0.25) is 0 Å². The number of rotatable bonds is 6. The van der Waals surface area contributed by atoms with Crippen molar-refractivity contribution >= 4 is 22.0 Å².